The Kier molecular flexibility index (Phi) is 4.01. The number of rotatable bonds is 5. The molecule has 0 saturated heterocycles. The Morgan fingerprint density at radius 3 is 2.11 bits per heavy atom. The molecule has 2 aromatic carbocycles. The van der Waals surface area contributed by atoms with Crippen LogP contribution in [0, 0.1) is 0 Å². The SMILES string of the molecule is C=COP(=O)(Cc1ccccc1)c1ccccc1. The molecule has 0 aliphatic heterocycles. The van der Waals surface area contributed by atoms with Crippen molar-refractivity contribution in [3.05, 3.63) is 79.1 Å². The van der Waals surface area contributed by atoms with E-state index in [-0.39, 0.29) is 0 Å². The first-order valence-corrected chi connectivity index (χ1v) is 7.53. The second kappa shape index (κ2) is 5.70. The first-order valence-electron chi connectivity index (χ1n) is 5.72. The van der Waals surface area contributed by atoms with Crippen LogP contribution < -0.4 is 5.30 Å². The van der Waals surface area contributed by atoms with Crippen molar-refractivity contribution in [3.63, 3.8) is 0 Å². The summed E-state index contributed by atoms with van der Waals surface area (Å²) in [4.78, 5) is 0. The largest absolute Gasteiger partial charge is 0.448 e. The summed E-state index contributed by atoms with van der Waals surface area (Å²) in [6.07, 6.45) is 1.64. The van der Waals surface area contributed by atoms with Crippen molar-refractivity contribution in [2.75, 3.05) is 0 Å². The highest BCUT2D eigenvalue weighted by atomic mass is 31.2. The van der Waals surface area contributed by atoms with Crippen molar-refractivity contribution in [3.8, 4) is 0 Å². The van der Waals surface area contributed by atoms with E-state index >= 15 is 0 Å². The average molecular weight is 258 g/mol. The predicted octanol–water partition coefficient (Wildman–Crippen LogP) is 3.95. The third kappa shape index (κ3) is 2.91. The summed E-state index contributed by atoms with van der Waals surface area (Å²) in [6, 6.07) is 19.0. The highest BCUT2D eigenvalue weighted by Crippen LogP contribution is 2.49. The minimum absolute atomic E-state index is 0.379. The summed E-state index contributed by atoms with van der Waals surface area (Å²) in [5, 5.41) is 0.716. The molecule has 0 aliphatic rings. The topological polar surface area (TPSA) is 26.3 Å². The summed E-state index contributed by atoms with van der Waals surface area (Å²) >= 11 is 0. The molecule has 0 heterocycles. The number of hydrogen-bond donors (Lipinski definition) is 0. The smallest absolute Gasteiger partial charge is 0.280 e. The van der Waals surface area contributed by atoms with Gasteiger partial charge in [-0.05, 0) is 17.7 Å². The first kappa shape index (κ1) is 12.7. The van der Waals surface area contributed by atoms with Crippen molar-refractivity contribution >= 4 is 12.7 Å². The molecule has 0 bridgehead atoms. The lowest BCUT2D eigenvalue weighted by Gasteiger charge is -2.17. The standard InChI is InChI=1S/C15H15O2P/c1-2-17-18(16,15-11-7-4-8-12-15)13-14-9-5-3-6-10-14/h2-12H,1,13H2. The van der Waals surface area contributed by atoms with E-state index in [4.69, 9.17) is 4.52 Å². The molecule has 2 nitrogen and oxygen atoms in total. The van der Waals surface area contributed by atoms with E-state index < -0.39 is 7.37 Å². The molecule has 18 heavy (non-hydrogen) atoms. The third-order valence-corrected chi connectivity index (χ3v) is 4.98. The van der Waals surface area contributed by atoms with Crippen molar-refractivity contribution in [1.82, 2.24) is 0 Å². The molecule has 1 atom stereocenters. The molecular formula is C15H15O2P. The van der Waals surface area contributed by atoms with Gasteiger partial charge in [-0.25, -0.2) is 0 Å². The molecule has 0 radical (unpaired) electrons. The quantitative estimate of drug-likeness (QED) is 0.599. The minimum Gasteiger partial charge on any atom is -0.448 e. The average Bonchev–Trinajstić information content (AvgIpc) is 2.41. The molecule has 0 fully saturated rings. The summed E-state index contributed by atoms with van der Waals surface area (Å²) in [5.74, 6) is 0. The zero-order chi connectivity index (χ0) is 12.8. The van der Waals surface area contributed by atoms with Crippen LogP contribution in [-0.4, -0.2) is 0 Å². The molecule has 0 aromatic heterocycles. The van der Waals surface area contributed by atoms with Gasteiger partial charge in [-0.2, -0.15) is 0 Å². The van der Waals surface area contributed by atoms with Crippen molar-refractivity contribution in [2.24, 2.45) is 0 Å². The Morgan fingerprint density at radius 2 is 1.56 bits per heavy atom. The van der Waals surface area contributed by atoms with Gasteiger partial charge in [0.15, 0.2) is 0 Å². The molecule has 1 unspecified atom stereocenters. The Balaban J connectivity index is 2.33. The van der Waals surface area contributed by atoms with Gasteiger partial charge in [0, 0.05) is 5.30 Å². The highest BCUT2D eigenvalue weighted by molar-refractivity contribution is 7.66. The van der Waals surface area contributed by atoms with Crippen molar-refractivity contribution in [1.29, 1.82) is 0 Å². The lowest BCUT2D eigenvalue weighted by Crippen LogP contribution is -2.07. The second-order valence-corrected chi connectivity index (χ2v) is 6.32. The van der Waals surface area contributed by atoms with Gasteiger partial charge in [0.2, 0.25) is 0 Å². The fraction of sp³-hybridized carbons (Fsp3) is 0.0667. The van der Waals surface area contributed by atoms with Crippen LogP contribution in [0.3, 0.4) is 0 Å². The zero-order valence-corrected chi connectivity index (χ0v) is 10.9. The molecule has 0 spiro atoms. The van der Waals surface area contributed by atoms with E-state index in [0.29, 0.717) is 11.5 Å². The molecule has 3 heteroatoms. The second-order valence-electron chi connectivity index (χ2n) is 3.92. The van der Waals surface area contributed by atoms with E-state index in [1.165, 1.54) is 6.26 Å². The third-order valence-electron chi connectivity index (χ3n) is 2.63. The molecule has 2 aromatic rings. The van der Waals surface area contributed by atoms with Gasteiger partial charge in [-0.3, -0.25) is 4.57 Å². The fourth-order valence-electron chi connectivity index (χ4n) is 1.79. The van der Waals surface area contributed by atoms with Gasteiger partial charge in [-0.1, -0.05) is 55.1 Å². The predicted molar refractivity (Wildman–Crippen MR) is 75.1 cm³/mol. The lowest BCUT2D eigenvalue weighted by atomic mass is 10.2. The fourth-order valence-corrected chi connectivity index (χ4v) is 3.73. The van der Waals surface area contributed by atoms with Crippen LogP contribution in [0.1, 0.15) is 5.56 Å². The number of benzene rings is 2. The van der Waals surface area contributed by atoms with E-state index in [0.717, 1.165) is 5.56 Å². The molecule has 2 rings (SSSR count). The van der Waals surface area contributed by atoms with E-state index in [9.17, 15) is 4.57 Å². The molecular weight excluding hydrogens is 243 g/mol. The zero-order valence-electron chi connectivity index (χ0n) is 10.0. The van der Waals surface area contributed by atoms with E-state index in [2.05, 4.69) is 6.58 Å². The normalized spacial score (nSPS) is 13.6. The molecule has 0 N–H and O–H groups in total. The first-order chi connectivity index (χ1) is 8.74. The minimum atomic E-state index is -2.91. The monoisotopic (exact) mass is 258 g/mol. The van der Waals surface area contributed by atoms with E-state index in [1.807, 2.05) is 60.7 Å². The maximum atomic E-state index is 12.9. The summed E-state index contributed by atoms with van der Waals surface area (Å²) in [7, 11) is -2.91. The van der Waals surface area contributed by atoms with Gasteiger partial charge in [0.05, 0.1) is 12.4 Å². The van der Waals surface area contributed by atoms with Gasteiger partial charge < -0.3 is 4.52 Å². The molecule has 0 aliphatic carbocycles. The Labute approximate surface area is 107 Å². The van der Waals surface area contributed by atoms with E-state index in [1.54, 1.807) is 0 Å². The Bertz CT molecular complexity index is 549. The van der Waals surface area contributed by atoms with Gasteiger partial charge >= 0.3 is 0 Å². The summed E-state index contributed by atoms with van der Waals surface area (Å²) < 4.78 is 18.2. The molecule has 0 saturated carbocycles. The van der Waals surface area contributed by atoms with Crippen LogP contribution in [0.25, 0.3) is 0 Å². The van der Waals surface area contributed by atoms with Crippen LogP contribution in [0.2, 0.25) is 0 Å². The molecule has 92 valence electrons. The summed E-state index contributed by atoms with van der Waals surface area (Å²) in [6.45, 7) is 3.52. The Hall–Kier alpha value is -1.79. The van der Waals surface area contributed by atoms with Crippen LogP contribution in [0.15, 0.2) is 73.5 Å². The van der Waals surface area contributed by atoms with Crippen molar-refractivity contribution in [2.45, 2.75) is 6.16 Å². The van der Waals surface area contributed by atoms with Crippen LogP contribution in [0.4, 0.5) is 0 Å². The van der Waals surface area contributed by atoms with Crippen LogP contribution in [0.5, 0.6) is 0 Å². The summed E-state index contributed by atoms with van der Waals surface area (Å²) in [5.41, 5.74) is 0.992. The molecule has 0 amide bonds. The van der Waals surface area contributed by atoms with Gasteiger partial charge in [0.25, 0.3) is 7.37 Å². The van der Waals surface area contributed by atoms with Gasteiger partial charge in [-0.15, -0.1) is 0 Å². The Morgan fingerprint density at radius 1 is 1.00 bits per heavy atom. The maximum absolute atomic E-state index is 12.9. The van der Waals surface area contributed by atoms with Crippen molar-refractivity contribution < 1.29 is 9.09 Å². The lowest BCUT2D eigenvalue weighted by molar-refractivity contribution is 0.450. The van der Waals surface area contributed by atoms with Crippen LogP contribution >= 0.6 is 7.37 Å². The highest BCUT2D eigenvalue weighted by Gasteiger charge is 2.25. The van der Waals surface area contributed by atoms with Gasteiger partial charge in [0.1, 0.15) is 0 Å². The number of hydrogen-bond acceptors (Lipinski definition) is 2. The maximum Gasteiger partial charge on any atom is 0.280 e. The van der Waals surface area contributed by atoms with Crippen LogP contribution in [-0.2, 0) is 15.3 Å².